The highest BCUT2D eigenvalue weighted by atomic mass is 32.2. The molecule has 0 spiro atoms. The van der Waals surface area contributed by atoms with Gasteiger partial charge in [-0.05, 0) is 38.5 Å². The number of unbranched alkanes of at least 4 members (excludes halogenated alkanes) is 22. The molecular weight excluding hydrogens is 729 g/mol. The summed E-state index contributed by atoms with van der Waals surface area (Å²) in [7, 11) is -4.60. The number of hydrogen-bond acceptors (Lipinski definition) is 11. The molecule has 0 amide bonds. The summed E-state index contributed by atoms with van der Waals surface area (Å²) < 4.78 is 53.9. The van der Waals surface area contributed by atoms with Gasteiger partial charge in [0.1, 0.15) is 36.8 Å². The van der Waals surface area contributed by atoms with Gasteiger partial charge in [-0.3, -0.25) is 14.1 Å². The average Bonchev–Trinajstić information content (AvgIpc) is 3.14. The number of ether oxygens (including phenoxy) is 4. The maximum Gasteiger partial charge on any atom is 0.306 e. The zero-order chi connectivity index (χ0) is 40.6. The maximum absolute atomic E-state index is 12.8. The molecule has 0 aliphatic carbocycles. The van der Waals surface area contributed by atoms with E-state index in [1.807, 2.05) is 0 Å². The van der Waals surface area contributed by atoms with Crippen molar-refractivity contribution in [2.45, 2.75) is 224 Å². The van der Waals surface area contributed by atoms with Crippen LogP contribution >= 0.6 is 0 Å². The van der Waals surface area contributed by atoms with Gasteiger partial charge >= 0.3 is 11.9 Å². The Morgan fingerprint density at radius 2 is 1.04 bits per heavy atom. The van der Waals surface area contributed by atoms with Crippen LogP contribution in [-0.2, 0) is 38.7 Å². The lowest BCUT2D eigenvalue weighted by Crippen LogP contribution is -2.60. The molecule has 1 heterocycles. The van der Waals surface area contributed by atoms with Gasteiger partial charge in [0, 0.05) is 12.8 Å². The van der Waals surface area contributed by atoms with Gasteiger partial charge in [-0.2, -0.15) is 8.42 Å². The molecule has 0 aromatic rings. The van der Waals surface area contributed by atoms with Crippen molar-refractivity contribution in [3.63, 3.8) is 0 Å². The molecule has 1 fully saturated rings. The molecule has 6 unspecified atom stereocenters. The van der Waals surface area contributed by atoms with E-state index in [1.54, 1.807) is 0 Å². The summed E-state index contributed by atoms with van der Waals surface area (Å²) in [6, 6.07) is 0. The number of aliphatic hydroxyl groups excluding tert-OH is 3. The highest BCUT2D eigenvalue weighted by molar-refractivity contribution is 7.85. The molecule has 1 saturated heterocycles. The molecule has 0 radical (unpaired) electrons. The lowest BCUT2D eigenvalue weighted by atomic mass is 10.00. The van der Waals surface area contributed by atoms with Crippen molar-refractivity contribution in [1.29, 1.82) is 0 Å². The zero-order valence-electron chi connectivity index (χ0n) is 34.3. The van der Waals surface area contributed by atoms with Gasteiger partial charge in [0.25, 0.3) is 10.1 Å². The first-order valence-corrected chi connectivity index (χ1v) is 23.4. The number of rotatable bonds is 36. The SMILES string of the molecule is CCCCCCCCC/C=C\CCCCCCCCCC(=O)OC(COC(=O)CCCCCCCCCCC)COC1OC(CS(=O)(=O)O)C(O)C(O)C1O. The maximum atomic E-state index is 12.8. The molecule has 1 rings (SSSR count). The van der Waals surface area contributed by atoms with E-state index in [4.69, 9.17) is 18.9 Å². The van der Waals surface area contributed by atoms with Crippen LogP contribution in [0.1, 0.15) is 187 Å². The van der Waals surface area contributed by atoms with Crippen molar-refractivity contribution >= 4 is 22.1 Å². The van der Waals surface area contributed by atoms with Crippen LogP contribution < -0.4 is 0 Å². The van der Waals surface area contributed by atoms with Crippen molar-refractivity contribution in [2.24, 2.45) is 0 Å². The van der Waals surface area contributed by atoms with E-state index in [2.05, 4.69) is 26.0 Å². The van der Waals surface area contributed by atoms with Crippen molar-refractivity contribution in [2.75, 3.05) is 19.0 Å². The molecule has 4 N–H and O–H groups in total. The summed E-state index contributed by atoms with van der Waals surface area (Å²) in [6.07, 6.45) is 24.1. The Kier molecular flexibility index (Phi) is 31.2. The third-order valence-corrected chi connectivity index (χ3v) is 10.8. The largest absolute Gasteiger partial charge is 0.462 e. The van der Waals surface area contributed by atoms with Gasteiger partial charge in [-0.1, -0.05) is 148 Å². The average molecular weight is 807 g/mol. The molecule has 1 aliphatic rings. The lowest BCUT2D eigenvalue weighted by Gasteiger charge is -2.40. The summed E-state index contributed by atoms with van der Waals surface area (Å²) >= 11 is 0. The van der Waals surface area contributed by atoms with Gasteiger partial charge in [-0.25, -0.2) is 0 Å². The minimum absolute atomic E-state index is 0.163. The zero-order valence-corrected chi connectivity index (χ0v) is 35.1. The van der Waals surface area contributed by atoms with Crippen LogP contribution in [0.15, 0.2) is 12.2 Å². The predicted octanol–water partition coefficient (Wildman–Crippen LogP) is 8.28. The number of carbonyl (C=O) groups excluding carboxylic acids is 2. The minimum Gasteiger partial charge on any atom is -0.462 e. The predicted molar refractivity (Wildman–Crippen MR) is 215 cm³/mol. The van der Waals surface area contributed by atoms with Crippen LogP contribution in [0.3, 0.4) is 0 Å². The van der Waals surface area contributed by atoms with E-state index in [1.165, 1.54) is 96.3 Å². The van der Waals surface area contributed by atoms with Crippen molar-refractivity contribution in [1.82, 2.24) is 0 Å². The lowest BCUT2D eigenvalue weighted by molar-refractivity contribution is -0.297. The Balaban J connectivity index is 2.43. The molecule has 0 bridgehead atoms. The van der Waals surface area contributed by atoms with E-state index >= 15 is 0 Å². The third-order valence-electron chi connectivity index (χ3n) is 10.1. The monoisotopic (exact) mass is 807 g/mol. The van der Waals surface area contributed by atoms with Crippen LogP contribution in [0.5, 0.6) is 0 Å². The molecule has 55 heavy (non-hydrogen) atoms. The highest BCUT2D eigenvalue weighted by Gasteiger charge is 2.46. The Bertz CT molecular complexity index is 1080. The van der Waals surface area contributed by atoms with Gasteiger partial charge in [-0.15, -0.1) is 0 Å². The smallest absolute Gasteiger partial charge is 0.306 e. The fourth-order valence-electron chi connectivity index (χ4n) is 6.67. The number of carbonyl (C=O) groups is 2. The molecule has 1 aliphatic heterocycles. The first-order valence-electron chi connectivity index (χ1n) is 21.7. The van der Waals surface area contributed by atoms with Crippen LogP contribution in [0.25, 0.3) is 0 Å². The molecule has 0 aromatic heterocycles. The Morgan fingerprint density at radius 3 is 1.51 bits per heavy atom. The van der Waals surface area contributed by atoms with Gasteiger partial charge < -0.3 is 34.3 Å². The summed E-state index contributed by atoms with van der Waals surface area (Å²) in [5.74, 6) is -1.98. The van der Waals surface area contributed by atoms with E-state index in [-0.39, 0.29) is 19.4 Å². The van der Waals surface area contributed by atoms with Gasteiger partial charge in [0.2, 0.25) is 0 Å². The van der Waals surface area contributed by atoms with Crippen molar-refractivity contribution in [3.8, 4) is 0 Å². The molecule has 13 heteroatoms. The first-order chi connectivity index (χ1) is 26.5. The number of hydrogen-bond donors (Lipinski definition) is 4. The van der Waals surface area contributed by atoms with Crippen molar-refractivity contribution in [3.05, 3.63) is 12.2 Å². The molecule has 12 nitrogen and oxygen atoms in total. The number of allylic oxidation sites excluding steroid dienone is 2. The first kappa shape index (κ1) is 51.4. The number of aliphatic hydroxyl groups is 3. The summed E-state index contributed by atoms with van der Waals surface area (Å²) in [4.78, 5) is 25.3. The van der Waals surface area contributed by atoms with E-state index in [9.17, 15) is 37.9 Å². The quantitative estimate of drug-likeness (QED) is 0.0206. The second-order valence-electron chi connectivity index (χ2n) is 15.4. The molecule has 0 aromatic carbocycles. The second-order valence-corrected chi connectivity index (χ2v) is 16.9. The molecule has 6 atom stereocenters. The van der Waals surface area contributed by atoms with Gasteiger partial charge in [0.05, 0.1) is 6.61 Å². The molecule has 324 valence electrons. The fraction of sp³-hybridized carbons (Fsp3) is 0.905. The summed E-state index contributed by atoms with van der Waals surface area (Å²) in [6.45, 7) is 3.73. The standard InChI is InChI=1S/C42H78O12S/c1-3-5-7-9-11-13-14-15-16-17-18-19-20-21-23-25-27-29-31-38(44)53-35(32-51-37(43)30-28-26-24-22-12-10-8-6-4-2)33-52-42-41(47)40(46)39(45)36(54-42)34-55(48,49)50/h16-17,35-36,39-42,45-47H,3-15,18-34H2,1-2H3,(H,48,49,50)/b17-16-. The summed E-state index contributed by atoms with van der Waals surface area (Å²) in [5, 5.41) is 30.8. The topological polar surface area (TPSA) is 186 Å². The van der Waals surface area contributed by atoms with Crippen molar-refractivity contribution < 1.29 is 56.8 Å². The second kappa shape index (κ2) is 33.4. The van der Waals surface area contributed by atoms with Crippen LogP contribution in [0.2, 0.25) is 0 Å². The third kappa shape index (κ3) is 28.4. The fourth-order valence-corrected chi connectivity index (χ4v) is 7.36. The normalized spacial score (nSPS) is 20.9. The summed E-state index contributed by atoms with van der Waals surface area (Å²) in [5.41, 5.74) is 0. The van der Waals surface area contributed by atoms with E-state index in [0.29, 0.717) is 12.8 Å². The molecular formula is C42H78O12S. The Labute approximate surface area is 333 Å². The Morgan fingerprint density at radius 1 is 0.600 bits per heavy atom. The van der Waals surface area contributed by atoms with E-state index < -0.39 is 71.2 Å². The van der Waals surface area contributed by atoms with Crippen LogP contribution in [-0.4, -0.2) is 96.0 Å². The Hall–Kier alpha value is -1.61. The van der Waals surface area contributed by atoms with Crippen LogP contribution in [0.4, 0.5) is 0 Å². The van der Waals surface area contributed by atoms with Gasteiger partial charge in [0.15, 0.2) is 12.4 Å². The number of esters is 2. The minimum atomic E-state index is -4.60. The van der Waals surface area contributed by atoms with Crippen LogP contribution in [0, 0.1) is 0 Å². The highest BCUT2D eigenvalue weighted by Crippen LogP contribution is 2.24. The van der Waals surface area contributed by atoms with E-state index in [0.717, 1.165) is 51.4 Å². The molecule has 0 saturated carbocycles.